The smallest absolute Gasteiger partial charge is 0.308 e. The quantitative estimate of drug-likeness (QED) is 0.580. The maximum Gasteiger partial charge on any atom is 0.323 e. The fraction of sp³-hybridized carbons (Fsp3) is 0.130. The minimum Gasteiger partial charge on any atom is -0.308 e. The molecule has 0 aromatic heterocycles. The number of rotatable bonds is 4. The number of nitrogens with one attached hydrogen (secondary N) is 2. The molecular weight excluding hydrogens is 401 g/mol. The van der Waals surface area contributed by atoms with Crippen LogP contribution in [0.15, 0.2) is 72.8 Å². The first-order valence-electron chi connectivity index (χ1n) is 9.43. The number of amides is 3. The molecule has 0 bridgehead atoms. The first-order valence-corrected chi connectivity index (χ1v) is 10.5. The second-order valence-electron chi connectivity index (χ2n) is 6.97. The fourth-order valence-corrected chi connectivity index (χ4v) is 4.48. The molecule has 30 heavy (non-hydrogen) atoms. The van der Waals surface area contributed by atoms with Crippen molar-refractivity contribution in [3.05, 3.63) is 89.7 Å². The summed E-state index contributed by atoms with van der Waals surface area (Å²) in [6, 6.07) is 20.5. The van der Waals surface area contributed by atoms with Crippen molar-refractivity contribution in [1.82, 2.24) is 0 Å². The van der Waals surface area contributed by atoms with Gasteiger partial charge in [0, 0.05) is 17.1 Å². The van der Waals surface area contributed by atoms with E-state index >= 15 is 0 Å². The Labute approximate surface area is 178 Å². The average Bonchev–Trinajstić information content (AvgIpc) is 3.10. The van der Waals surface area contributed by atoms with Gasteiger partial charge in [-0.1, -0.05) is 24.3 Å². The van der Waals surface area contributed by atoms with Crippen LogP contribution in [0.3, 0.4) is 0 Å². The Balaban J connectivity index is 1.45. The van der Waals surface area contributed by atoms with Gasteiger partial charge in [0.15, 0.2) is 0 Å². The summed E-state index contributed by atoms with van der Waals surface area (Å²) in [7, 11) is 0. The van der Waals surface area contributed by atoms with Crippen LogP contribution in [0, 0.1) is 12.7 Å². The zero-order valence-electron chi connectivity index (χ0n) is 16.3. The third kappa shape index (κ3) is 4.46. The number of hydrogen-bond donors (Lipinski definition) is 2. The molecule has 3 amide bonds. The number of carbonyl (C=O) groups excluding carboxylic acids is 2. The van der Waals surface area contributed by atoms with Crippen molar-refractivity contribution in [2.45, 2.75) is 12.3 Å². The van der Waals surface area contributed by atoms with Gasteiger partial charge in [-0.3, -0.25) is 9.69 Å². The van der Waals surface area contributed by atoms with Crippen LogP contribution in [0.2, 0.25) is 0 Å². The number of aryl methyl sites for hydroxylation is 1. The second kappa shape index (κ2) is 8.59. The Hall–Kier alpha value is -3.32. The number of nitrogens with zero attached hydrogens (tertiary/aromatic N) is 1. The van der Waals surface area contributed by atoms with Crippen LogP contribution in [0.1, 0.15) is 16.5 Å². The van der Waals surface area contributed by atoms with E-state index in [0.29, 0.717) is 17.1 Å². The number of thioether (sulfide) groups is 1. The third-order valence-corrected chi connectivity index (χ3v) is 5.91. The number of urea groups is 1. The maximum atomic E-state index is 13.2. The lowest BCUT2D eigenvalue weighted by molar-refractivity contribution is -0.115. The fourth-order valence-electron chi connectivity index (χ4n) is 3.30. The Kier molecular flexibility index (Phi) is 5.72. The van der Waals surface area contributed by atoms with Crippen LogP contribution in [-0.4, -0.2) is 17.7 Å². The molecule has 1 aliphatic rings. The standard InChI is InChI=1S/C23H20FN3O2S/c1-15-3-2-4-19(13-15)26-23(29)25-18-9-5-16(6-10-18)22-27(21(28)14-30-22)20-11-7-17(24)8-12-20/h2-13,22H,14H2,1H3,(H2,25,26,29). The molecule has 0 radical (unpaired) electrons. The molecule has 1 unspecified atom stereocenters. The van der Waals surface area contributed by atoms with E-state index in [1.165, 1.54) is 23.9 Å². The molecule has 0 aliphatic carbocycles. The summed E-state index contributed by atoms with van der Waals surface area (Å²) >= 11 is 1.52. The molecule has 3 aromatic carbocycles. The van der Waals surface area contributed by atoms with E-state index in [9.17, 15) is 14.0 Å². The summed E-state index contributed by atoms with van der Waals surface area (Å²) in [6.07, 6.45) is 0. The van der Waals surface area contributed by atoms with E-state index in [0.717, 1.165) is 16.8 Å². The first kappa shape index (κ1) is 20.0. The van der Waals surface area contributed by atoms with Crippen molar-refractivity contribution in [1.29, 1.82) is 0 Å². The lowest BCUT2D eigenvalue weighted by Crippen LogP contribution is -2.27. The number of hydrogen-bond acceptors (Lipinski definition) is 3. The van der Waals surface area contributed by atoms with Gasteiger partial charge in [-0.05, 0) is 66.6 Å². The lowest BCUT2D eigenvalue weighted by Gasteiger charge is -2.24. The molecular formula is C23H20FN3O2S. The Morgan fingerprint density at radius 3 is 2.40 bits per heavy atom. The van der Waals surface area contributed by atoms with Crippen LogP contribution in [-0.2, 0) is 4.79 Å². The van der Waals surface area contributed by atoms with Crippen LogP contribution < -0.4 is 15.5 Å². The Bertz CT molecular complexity index is 1070. The zero-order chi connectivity index (χ0) is 21.1. The second-order valence-corrected chi connectivity index (χ2v) is 8.04. The highest BCUT2D eigenvalue weighted by atomic mass is 32.2. The summed E-state index contributed by atoms with van der Waals surface area (Å²) in [5.74, 6) is 0.00585. The van der Waals surface area contributed by atoms with Gasteiger partial charge in [0.1, 0.15) is 11.2 Å². The number of anilines is 3. The van der Waals surface area contributed by atoms with E-state index in [1.807, 2.05) is 43.3 Å². The number of halogens is 1. The van der Waals surface area contributed by atoms with E-state index < -0.39 is 0 Å². The van der Waals surface area contributed by atoms with Crippen LogP contribution in [0.4, 0.5) is 26.2 Å². The monoisotopic (exact) mass is 421 g/mol. The van der Waals surface area contributed by atoms with Crippen LogP contribution >= 0.6 is 11.8 Å². The lowest BCUT2D eigenvalue weighted by atomic mass is 10.1. The molecule has 4 rings (SSSR count). The van der Waals surface area contributed by atoms with Crippen molar-refractivity contribution in [3.63, 3.8) is 0 Å². The average molecular weight is 421 g/mol. The van der Waals surface area contributed by atoms with Gasteiger partial charge in [0.2, 0.25) is 5.91 Å². The van der Waals surface area contributed by atoms with Crippen molar-refractivity contribution >= 4 is 40.8 Å². The van der Waals surface area contributed by atoms with Crippen molar-refractivity contribution in [2.75, 3.05) is 21.3 Å². The molecule has 0 saturated carbocycles. The molecule has 0 spiro atoms. The van der Waals surface area contributed by atoms with E-state index in [2.05, 4.69) is 10.6 Å². The van der Waals surface area contributed by atoms with E-state index in [-0.39, 0.29) is 23.1 Å². The van der Waals surface area contributed by atoms with E-state index in [1.54, 1.807) is 29.2 Å². The zero-order valence-corrected chi connectivity index (χ0v) is 17.1. The molecule has 7 heteroatoms. The Morgan fingerprint density at radius 1 is 1.00 bits per heavy atom. The summed E-state index contributed by atoms with van der Waals surface area (Å²) < 4.78 is 13.2. The first-order chi connectivity index (χ1) is 14.5. The van der Waals surface area contributed by atoms with E-state index in [4.69, 9.17) is 0 Å². The third-order valence-electron chi connectivity index (χ3n) is 4.70. The predicted octanol–water partition coefficient (Wildman–Crippen LogP) is 5.56. The highest BCUT2D eigenvalue weighted by Crippen LogP contribution is 2.41. The maximum absolute atomic E-state index is 13.2. The molecule has 2 N–H and O–H groups in total. The van der Waals surface area contributed by atoms with Gasteiger partial charge in [-0.15, -0.1) is 11.8 Å². The van der Waals surface area contributed by atoms with Gasteiger partial charge in [-0.2, -0.15) is 0 Å². The van der Waals surface area contributed by atoms with Crippen molar-refractivity contribution < 1.29 is 14.0 Å². The Morgan fingerprint density at radius 2 is 1.70 bits per heavy atom. The molecule has 1 aliphatic heterocycles. The van der Waals surface area contributed by atoms with Gasteiger partial charge in [-0.25, -0.2) is 9.18 Å². The van der Waals surface area contributed by atoms with Gasteiger partial charge >= 0.3 is 6.03 Å². The molecule has 3 aromatic rings. The van der Waals surface area contributed by atoms with Crippen molar-refractivity contribution in [3.8, 4) is 0 Å². The van der Waals surface area contributed by atoms with Gasteiger partial charge in [0.25, 0.3) is 0 Å². The topological polar surface area (TPSA) is 61.4 Å². The number of benzene rings is 3. The minimum absolute atomic E-state index is 0.0173. The largest absolute Gasteiger partial charge is 0.323 e. The molecule has 1 saturated heterocycles. The summed E-state index contributed by atoms with van der Waals surface area (Å²) in [4.78, 5) is 26.3. The summed E-state index contributed by atoms with van der Waals surface area (Å²) in [5, 5.41) is 5.41. The van der Waals surface area contributed by atoms with Crippen LogP contribution in [0.5, 0.6) is 0 Å². The minimum atomic E-state index is -0.339. The normalized spacial score (nSPS) is 15.9. The molecule has 1 atom stereocenters. The van der Waals surface area contributed by atoms with Crippen LogP contribution in [0.25, 0.3) is 0 Å². The summed E-state index contributed by atoms with van der Waals surface area (Å²) in [5.41, 5.74) is 4.02. The highest BCUT2D eigenvalue weighted by Gasteiger charge is 2.34. The van der Waals surface area contributed by atoms with Gasteiger partial charge < -0.3 is 10.6 Å². The number of carbonyl (C=O) groups is 2. The predicted molar refractivity (Wildman–Crippen MR) is 119 cm³/mol. The molecule has 5 nitrogen and oxygen atoms in total. The van der Waals surface area contributed by atoms with Crippen molar-refractivity contribution in [2.24, 2.45) is 0 Å². The molecule has 1 heterocycles. The highest BCUT2D eigenvalue weighted by molar-refractivity contribution is 8.00. The molecule has 1 fully saturated rings. The van der Waals surface area contributed by atoms with Gasteiger partial charge in [0.05, 0.1) is 5.75 Å². The molecule has 152 valence electrons. The SMILES string of the molecule is Cc1cccc(NC(=O)Nc2ccc(C3SCC(=O)N3c3ccc(F)cc3)cc2)c1. The summed E-state index contributed by atoms with van der Waals surface area (Å²) in [6.45, 7) is 1.96.